The first kappa shape index (κ1) is 17.0. The van der Waals surface area contributed by atoms with E-state index in [1.807, 2.05) is 0 Å². The SMILES string of the molecule is OC(O)CNCCCN(c1ccccc1)C1Cc2ccccc2C1. The Kier molecular flexibility index (Phi) is 5.86. The molecule has 128 valence electrons. The van der Waals surface area contributed by atoms with Crippen LogP contribution in [-0.2, 0) is 12.8 Å². The molecule has 0 unspecified atom stereocenters. The molecular weight excluding hydrogens is 300 g/mol. The number of hydrogen-bond donors (Lipinski definition) is 3. The average Bonchev–Trinajstić information content (AvgIpc) is 3.02. The zero-order chi connectivity index (χ0) is 16.8. The number of aliphatic hydroxyl groups excluding tert-OH is 1. The van der Waals surface area contributed by atoms with E-state index in [2.05, 4.69) is 64.8 Å². The molecule has 0 spiro atoms. The van der Waals surface area contributed by atoms with Gasteiger partial charge in [-0.05, 0) is 49.1 Å². The van der Waals surface area contributed by atoms with Gasteiger partial charge in [0, 0.05) is 24.8 Å². The summed E-state index contributed by atoms with van der Waals surface area (Å²) in [4.78, 5) is 2.50. The minimum atomic E-state index is -1.28. The molecule has 4 nitrogen and oxygen atoms in total. The predicted octanol–water partition coefficient (Wildman–Crippen LogP) is 1.95. The summed E-state index contributed by atoms with van der Waals surface area (Å²) >= 11 is 0. The molecule has 24 heavy (non-hydrogen) atoms. The minimum Gasteiger partial charge on any atom is -0.368 e. The molecule has 0 bridgehead atoms. The van der Waals surface area contributed by atoms with Gasteiger partial charge in [-0.25, -0.2) is 0 Å². The van der Waals surface area contributed by atoms with Crippen molar-refractivity contribution in [1.29, 1.82) is 0 Å². The van der Waals surface area contributed by atoms with E-state index >= 15 is 0 Å². The number of para-hydroxylation sites is 1. The van der Waals surface area contributed by atoms with Crippen LogP contribution in [0.3, 0.4) is 0 Å². The Morgan fingerprint density at radius 1 is 0.958 bits per heavy atom. The van der Waals surface area contributed by atoms with E-state index in [9.17, 15) is 0 Å². The highest BCUT2D eigenvalue weighted by molar-refractivity contribution is 5.49. The number of benzene rings is 2. The van der Waals surface area contributed by atoms with Crippen LogP contribution in [0.2, 0.25) is 0 Å². The van der Waals surface area contributed by atoms with E-state index < -0.39 is 6.29 Å². The second-order valence-electron chi connectivity index (χ2n) is 6.40. The first-order chi connectivity index (χ1) is 11.7. The Balaban J connectivity index is 1.63. The van der Waals surface area contributed by atoms with Gasteiger partial charge in [0.1, 0.15) is 0 Å². The summed E-state index contributed by atoms with van der Waals surface area (Å²) in [7, 11) is 0. The van der Waals surface area contributed by atoms with Crippen molar-refractivity contribution in [3.63, 3.8) is 0 Å². The maximum absolute atomic E-state index is 8.89. The van der Waals surface area contributed by atoms with Gasteiger partial charge >= 0.3 is 0 Å². The van der Waals surface area contributed by atoms with E-state index in [-0.39, 0.29) is 6.54 Å². The Labute approximate surface area is 143 Å². The molecule has 2 aromatic carbocycles. The highest BCUT2D eigenvalue weighted by Gasteiger charge is 2.26. The smallest absolute Gasteiger partial charge is 0.164 e. The fourth-order valence-electron chi connectivity index (χ4n) is 3.50. The summed E-state index contributed by atoms with van der Waals surface area (Å²) in [5.74, 6) is 0. The van der Waals surface area contributed by atoms with Crippen molar-refractivity contribution in [1.82, 2.24) is 5.32 Å². The van der Waals surface area contributed by atoms with Crippen molar-refractivity contribution in [3.8, 4) is 0 Å². The van der Waals surface area contributed by atoms with Crippen molar-refractivity contribution in [3.05, 3.63) is 65.7 Å². The quantitative estimate of drug-likeness (QED) is 0.513. The Bertz CT molecular complexity index is 606. The van der Waals surface area contributed by atoms with Gasteiger partial charge in [-0.1, -0.05) is 42.5 Å². The van der Waals surface area contributed by atoms with Crippen LogP contribution in [-0.4, -0.2) is 42.2 Å². The molecule has 0 radical (unpaired) electrons. The van der Waals surface area contributed by atoms with Gasteiger partial charge < -0.3 is 20.4 Å². The van der Waals surface area contributed by atoms with Gasteiger partial charge in [0.15, 0.2) is 6.29 Å². The number of anilines is 1. The third-order valence-corrected chi connectivity index (χ3v) is 4.64. The third kappa shape index (κ3) is 4.35. The fourth-order valence-corrected chi connectivity index (χ4v) is 3.50. The molecule has 1 aliphatic carbocycles. The predicted molar refractivity (Wildman–Crippen MR) is 97.1 cm³/mol. The number of fused-ring (bicyclic) bond motifs is 1. The second kappa shape index (κ2) is 8.29. The average molecular weight is 326 g/mol. The summed E-state index contributed by atoms with van der Waals surface area (Å²) in [5.41, 5.74) is 4.19. The van der Waals surface area contributed by atoms with Gasteiger partial charge in [0.2, 0.25) is 0 Å². The van der Waals surface area contributed by atoms with Gasteiger partial charge in [-0.2, -0.15) is 0 Å². The first-order valence-electron chi connectivity index (χ1n) is 8.69. The zero-order valence-electron chi connectivity index (χ0n) is 13.9. The minimum absolute atomic E-state index is 0.222. The number of aliphatic hydroxyl groups is 2. The van der Waals surface area contributed by atoms with E-state index in [0.29, 0.717) is 6.04 Å². The Morgan fingerprint density at radius 3 is 2.21 bits per heavy atom. The Hall–Kier alpha value is -1.88. The first-order valence-corrected chi connectivity index (χ1v) is 8.69. The molecule has 0 aromatic heterocycles. The molecular formula is C20H26N2O2. The number of rotatable bonds is 8. The monoisotopic (exact) mass is 326 g/mol. The van der Waals surface area contributed by atoms with E-state index in [1.165, 1.54) is 16.8 Å². The maximum atomic E-state index is 8.89. The van der Waals surface area contributed by atoms with Gasteiger partial charge in [0.05, 0.1) is 0 Å². The largest absolute Gasteiger partial charge is 0.368 e. The molecule has 4 heteroatoms. The lowest BCUT2D eigenvalue weighted by atomic mass is 10.1. The Morgan fingerprint density at radius 2 is 1.58 bits per heavy atom. The normalized spacial score (nSPS) is 14.1. The molecule has 0 atom stereocenters. The third-order valence-electron chi connectivity index (χ3n) is 4.64. The molecule has 3 N–H and O–H groups in total. The lowest BCUT2D eigenvalue weighted by Crippen LogP contribution is -2.38. The van der Waals surface area contributed by atoms with Crippen LogP contribution < -0.4 is 10.2 Å². The van der Waals surface area contributed by atoms with Crippen LogP contribution in [0.1, 0.15) is 17.5 Å². The van der Waals surface area contributed by atoms with E-state index in [1.54, 1.807) is 0 Å². The highest BCUT2D eigenvalue weighted by atomic mass is 16.5. The number of nitrogens with one attached hydrogen (secondary N) is 1. The van der Waals surface area contributed by atoms with E-state index in [0.717, 1.165) is 32.4 Å². The maximum Gasteiger partial charge on any atom is 0.164 e. The van der Waals surface area contributed by atoms with Crippen LogP contribution in [0.15, 0.2) is 54.6 Å². The summed E-state index contributed by atoms with van der Waals surface area (Å²) in [6.45, 7) is 1.96. The molecule has 0 heterocycles. The topological polar surface area (TPSA) is 55.7 Å². The van der Waals surface area contributed by atoms with Crippen molar-refractivity contribution in [2.75, 3.05) is 24.5 Å². The molecule has 0 aliphatic heterocycles. The summed E-state index contributed by atoms with van der Waals surface area (Å²) < 4.78 is 0. The van der Waals surface area contributed by atoms with Crippen molar-refractivity contribution in [2.24, 2.45) is 0 Å². The highest BCUT2D eigenvalue weighted by Crippen LogP contribution is 2.28. The number of hydrogen-bond acceptors (Lipinski definition) is 4. The molecule has 0 fully saturated rings. The standard InChI is InChI=1S/C20H26N2O2/c23-20(24)15-21-11-6-12-22(18-9-2-1-3-10-18)19-13-16-7-4-5-8-17(16)14-19/h1-5,7-10,19-21,23-24H,6,11-15H2. The van der Waals surface area contributed by atoms with E-state index in [4.69, 9.17) is 10.2 Å². The van der Waals surface area contributed by atoms with Crippen molar-refractivity contribution >= 4 is 5.69 Å². The molecule has 0 saturated heterocycles. The zero-order valence-corrected chi connectivity index (χ0v) is 13.9. The molecule has 1 aliphatic rings. The lowest BCUT2D eigenvalue weighted by molar-refractivity contribution is -0.0370. The molecule has 3 rings (SSSR count). The van der Waals surface area contributed by atoms with Crippen LogP contribution in [0.25, 0.3) is 0 Å². The van der Waals surface area contributed by atoms with Gasteiger partial charge in [-0.15, -0.1) is 0 Å². The molecule has 0 amide bonds. The van der Waals surface area contributed by atoms with Gasteiger partial charge in [0.25, 0.3) is 0 Å². The van der Waals surface area contributed by atoms with Crippen LogP contribution in [0.4, 0.5) is 5.69 Å². The lowest BCUT2D eigenvalue weighted by Gasteiger charge is -2.31. The van der Waals surface area contributed by atoms with Gasteiger partial charge in [-0.3, -0.25) is 0 Å². The second-order valence-corrected chi connectivity index (χ2v) is 6.40. The summed E-state index contributed by atoms with van der Waals surface area (Å²) in [5, 5.41) is 20.9. The van der Waals surface area contributed by atoms with Crippen LogP contribution >= 0.6 is 0 Å². The van der Waals surface area contributed by atoms with Crippen molar-refractivity contribution < 1.29 is 10.2 Å². The summed E-state index contributed by atoms with van der Waals surface area (Å²) in [6.07, 6.45) is 1.87. The fraction of sp³-hybridized carbons (Fsp3) is 0.400. The van der Waals surface area contributed by atoms with Crippen LogP contribution in [0.5, 0.6) is 0 Å². The number of nitrogens with zero attached hydrogens (tertiary/aromatic N) is 1. The summed E-state index contributed by atoms with van der Waals surface area (Å²) in [6, 6.07) is 19.8. The molecule has 0 saturated carbocycles. The van der Waals surface area contributed by atoms with Crippen molar-refractivity contribution in [2.45, 2.75) is 31.6 Å². The van der Waals surface area contributed by atoms with Crippen LogP contribution in [0, 0.1) is 0 Å². The molecule has 2 aromatic rings.